The van der Waals surface area contributed by atoms with Crippen molar-refractivity contribution in [1.82, 2.24) is 5.01 Å². The van der Waals surface area contributed by atoms with Crippen molar-refractivity contribution in [3.05, 3.63) is 59.9 Å². The number of anilines is 2. The zero-order valence-corrected chi connectivity index (χ0v) is 15.2. The molecule has 2 N–H and O–H groups in total. The second-order valence-corrected chi connectivity index (χ2v) is 6.37. The van der Waals surface area contributed by atoms with Gasteiger partial charge in [-0.15, -0.1) is 0 Å². The first-order valence-corrected chi connectivity index (χ1v) is 8.72. The van der Waals surface area contributed by atoms with Crippen molar-refractivity contribution in [2.45, 2.75) is 19.8 Å². The molecular formula is C20H19FN4O3. The Morgan fingerprint density at radius 2 is 1.61 bits per heavy atom. The monoisotopic (exact) mass is 382 g/mol. The molecule has 1 aliphatic heterocycles. The number of hydrazone groups is 1. The van der Waals surface area contributed by atoms with Crippen LogP contribution in [0.4, 0.5) is 15.8 Å². The van der Waals surface area contributed by atoms with Crippen LogP contribution in [-0.2, 0) is 14.4 Å². The molecular weight excluding hydrogens is 363 g/mol. The molecule has 0 unspecified atom stereocenters. The smallest absolute Gasteiger partial charge is 0.271 e. The molecule has 3 amide bonds. The highest BCUT2D eigenvalue weighted by molar-refractivity contribution is 6.43. The number of halogens is 1. The van der Waals surface area contributed by atoms with Gasteiger partial charge in [0.1, 0.15) is 18.1 Å². The van der Waals surface area contributed by atoms with Crippen LogP contribution in [0, 0.1) is 12.7 Å². The largest absolute Gasteiger partial charge is 0.324 e. The number of amides is 3. The van der Waals surface area contributed by atoms with Gasteiger partial charge in [0, 0.05) is 24.2 Å². The molecule has 0 spiro atoms. The molecule has 28 heavy (non-hydrogen) atoms. The lowest BCUT2D eigenvalue weighted by Gasteiger charge is -2.22. The molecule has 1 aliphatic rings. The van der Waals surface area contributed by atoms with Crippen LogP contribution in [0.5, 0.6) is 0 Å². The summed E-state index contributed by atoms with van der Waals surface area (Å²) in [4.78, 5) is 36.6. The van der Waals surface area contributed by atoms with Crippen LogP contribution < -0.4 is 10.6 Å². The second kappa shape index (κ2) is 8.43. The first kappa shape index (κ1) is 19.2. The SMILES string of the molecule is Cc1ccc(NC(=O)CN2N=C(C(=O)Nc3ccc(F)cc3)CCC2=O)cc1. The summed E-state index contributed by atoms with van der Waals surface area (Å²) in [6.07, 6.45) is 0.245. The minimum absolute atomic E-state index is 0.0769. The van der Waals surface area contributed by atoms with E-state index in [-0.39, 0.29) is 31.0 Å². The summed E-state index contributed by atoms with van der Waals surface area (Å²) < 4.78 is 13.0. The Bertz CT molecular complexity index is 923. The standard InChI is InChI=1S/C20H19FN4O3/c1-13-2-6-15(7-3-13)22-18(26)12-25-19(27)11-10-17(24-25)20(28)23-16-8-4-14(21)5-9-16/h2-9H,10-12H2,1H3,(H,22,26)(H,23,28). The molecule has 3 rings (SSSR count). The van der Waals surface area contributed by atoms with Crippen molar-refractivity contribution in [2.75, 3.05) is 17.2 Å². The highest BCUT2D eigenvalue weighted by atomic mass is 19.1. The molecule has 0 aromatic heterocycles. The van der Waals surface area contributed by atoms with Gasteiger partial charge in [0.2, 0.25) is 11.8 Å². The van der Waals surface area contributed by atoms with Crippen LogP contribution in [0.15, 0.2) is 53.6 Å². The van der Waals surface area contributed by atoms with Gasteiger partial charge in [0.05, 0.1) is 0 Å². The van der Waals surface area contributed by atoms with Crippen LogP contribution in [0.2, 0.25) is 0 Å². The van der Waals surface area contributed by atoms with E-state index in [9.17, 15) is 18.8 Å². The lowest BCUT2D eigenvalue weighted by molar-refractivity contribution is -0.135. The number of hydrogen-bond acceptors (Lipinski definition) is 4. The molecule has 0 fully saturated rings. The van der Waals surface area contributed by atoms with Crippen LogP contribution >= 0.6 is 0 Å². The van der Waals surface area contributed by atoms with Crippen molar-refractivity contribution in [1.29, 1.82) is 0 Å². The fourth-order valence-corrected chi connectivity index (χ4v) is 2.60. The Balaban J connectivity index is 1.64. The minimum Gasteiger partial charge on any atom is -0.324 e. The molecule has 0 atom stereocenters. The van der Waals surface area contributed by atoms with Crippen LogP contribution in [0.25, 0.3) is 0 Å². The van der Waals surface area contributed by atoms with Crippen molar-refractivity contribution in [3.63, 3.8) is 0 Å². The van der Waals surface area contributed by atoms with Gasteiger partial charge in [0.15, 0.2) is 0 Å². The van der Waals surface area contributed by atoms with E-state index in [1.807, 2.05) is 19.1 Å². The lowest BCUT2D eigenvalue weighted by atomic mass is 10.1. The predicted octanol–water partition coefficient (Wildman–Crippen LogP) is 2.69. The third kappa shape index (κ3) is 5.00. The normalized spacial score (nSPS) is 13.7. The summed E-state index contributed by atoms with van der Waals surface area (Å²) >= 11 is 0. The molecule has 0 bridgehead atoms. The first-order chi connectivity index (χ1) is 13.4. The number of nitrogens with zero attached hydrogens (tertiary/aromatic N) is 2. The average molecular weight is 382 g/mol. The summed E-state index contributed by atoms with van der Waals surface area (Å²) in [6.45, 7) is 1.64. The molecule has 144 valence electrons. The number of carbonyl (C=O) groups excluding carboxylic acids is 3. The Hall–Kier alpha value is -3.55. The molecule has 7 nitrogen and oxygen atoms in total. The molecule has 8 heteroatoms. The van der Waals surface area contributed by atoms with E-state index in [4.69, 9.17) is 0 Å². The predicted molar refractivity (Wildman–Crippen MR) is 103 cm³/mol. The Morgan fingerprint density at radius 3 is 2.29 bits per heavy atom. The molecule has 0 saturated heterocycles. The van der Waals surface area contributed by atoms with E-state index in [0.29, 0.717) is 11.4 Å². The first-order valence-electron chi connectivity index (χ1n) is 8.72. The Kier molecular flexibility index (Phi) is 5.78. The molecule has 0 aliphatic carbocycles. The summed E-state index contributed by atoms with van der Waals surface area (Å²) in [7, 11) is 0. The number of rotatable bonds is 5. The van der Waals surface area contributed by atoms with Crippen LogP contribution in [-0.4, -0.2) is 35.0 Å². The van der Waals surface area contributed by atoms with Gasteiger partial charge >= 0.3 is 0 Å². The summed E-state index contributed by atoms with van der Waals surface area (Å²) in [5.41, 5.74) is 2.21. The third-order valence-electron chi connectivity index (χ3n) is 4.10. The second-order valence-electron chi connectivity index (χ2n) is 6.37. The molecule has 2 aromatic carbocycles. The number of benzene rings is 2. The van der Waals surface area contributed by atoms with E-state index >= 15 is 0 Å². The maximum absolute atomic E-state index is 13.0. The van der Waals surface area contributed by atoms with Gasteiger partial charge in [-0.25, -0.2) is 9.40 Å². The fraction of sp³-hybridized carbons (Fsp3) is 0.200. The van der Waals surface area contributed by atoms with Gasteiger partial charge in [-0.2, -0.15) is 5.10 Å². The molecule has 0 saturated carbocycles. The topological polar surface area (TPSA) is 90.9 Å². The van der Waals surface area contributed by atoms with Gasteiger partial charge in [-0.3, -0.25) is 14.4 Å². The van der Waals surface area contributed by atoms with E-state index in [1.165, 1.54) is 24.3 Å². The number of hydrogen-bond donors (Lipinski definition) is 2. The van der Waals surface area contributed by atoms with Crippen LogP contribution in [0.3, 0.4) is 0 Å². The summed E-state index contributed by atoms with van der Waals surface area (Å²) in [6, 6.07) is 12.5. The van der Waals surface area contributed by atoms with Gasteiger partial charge in [-0.1, -0.05) is 17.7 Å². The van der Waals surface area contributed by atoms with E-state index < -0.39 is 17.6 Å². The van der Waals surface area contributed by atoms with Gasteiger partial charge in [-0.05, 0) is 43.3 Å². The average Bonchev–Trinajstić information content (AvgIpc) is 2.67. The Morgan fingerprint density at radius 1 is 1.00 bits per heavy atom. The minimum atomic E-state index is -0.497. The van der Waals surface area contributed by atoms with Crippen LogP contribution in [0.1, 0.15) is 18.4 Å². The van der Waals surface area contributed by atoms with Crippen molar-refractivity contribution >= 4 is 34.8 Å². The number of carbonyl (C=O) groups is 3. The van der Waals surface area contributed by atoms with Gasteiger partial charge < -0.3 is 10.6 Å². The highest BCUT2D eigenvalue weighted by Crippen LogP contribution is 2.14. The molecule has 2 aromatic rings. The van der Waals surface area contributed by atoms with E-state index in [2.05, 4.69) is 15.7 Å². The summed E-state index contributed by atoms with van der Waals surface area (Å²) in [5, 5.41) is 10.3. The zero-order valence-electron chi connectivity index (χ0n) is 15.2. The fourth-order valence-electron chi connectivity index (χ4n) is 2.60. The van der Waals surface area contributed by atoms with Crippen molar-refractivity contribution in [2.24, 2.45) is 5.10 Å². The molecule has 0 radical (unpaired) electrons. The van der Waals surface area contributed by atoms with Crippen molar-refractivity contribution in [3.8, 4) is 0 Å². The molecule has 1 heterocycles. The van der Waals surface area contributed by atoms with E-state index in [0.717, 1.165) is 10.6 Å². The Labute approximate surface area is 161 Å². The number of aryl methyl sites for hydroxylation is 1. The maximum atomic E-state index is 13.0. The summed E-state index contributed by atoms with van der Waals surface area (Å²) in [5.74, 6) is -1.66. The van der Waals surface area contributed by atoms with Gasteiger partial charge in [0.25, 0.3) is 5.91 Å². The quantitative estimate of drug-likeness (QED) is 0.833. The third-order valence-corrected chi connectivity index (χ3v) is 4.10. The highest BCUT2D eigenvalue weighted by Gasteiger charge is 2.26. The van der Waals surface area contributed by atoms with E-state index in [1.54, 1.807) is 12.1 Å². The maximum Gasteiger partial charge on any atom is 0.271 e. The van der Waals surface area contributed by atoms with Crippen molar-refractivity contribution < 1.29 is 18.8 Å². The zero-order chi connectivity index (χ0) is 20.1. The lowest BCUT2D eigenvalue weighted by Crippen LogP contribution is -2.40. The number of nitrogens with one attached hydrogen (secondary N) is 2.